The summed E-state index contributed by atoms with van der Waals surface area (Å²) in [4.78, 5) is 10.9. The molecule has 0 aromatic rings. The molecule has 3 nitrogen and oxygen atoms in total. The summed E-state index contributed by atoms with van der Waals surface area (Å²) in [6, 6.07) is 0. The number of alkyl halides is 1. The second-order valence-electron chi connectivity index (χ2n) is 3.15. The summed E-state index contributed by atoms with van der Waals surface area (Å²) in [5.41, 5.74) is 0. The molecule has 0 fully saturated rings. The van der Waals surface area contributed by atoms with Crippen LogP contribution in [0, 0.1) is 5.92 Å². The molecule has 0 saturated carbocycles. The predicted molar refractivity (Wildman–Crippen MR) is 57.7 cm³/mol. The van der Waals surface area contributed by atoms with Gasteiger partial charge in [0.15, 0.2) is 0 Å². The van der Waals surface area contributed by atoms with Gasteiger partial charge >= 0.3 is 6.09 Å². The molecule has 0 aromatic heterocycles. The van der Waals surface area contributed by atoms with Crippen LogP contribution in [0.25, 0.3) is 0 Å². The highest BCUT2D eigenvalue weighted by Crippen LogP contribution is 1.96. The quantitative estimate of drug-likeness (QED) is 0.635. The molecule has 1 atom stereocenters. The lowest BCUT2D eigenvalue weighted by molar-refractivity contribution is 0.133. The Kier molecular flexibility index (Phi) is 6.51. The van der Waals surface area contributed by atoms with E-state index in [1.165, 1.54) is 0 Å². The molecule has 0 bridgehead atoms. The molecule has 0 spiro atoms. The summed E-state index contributed by atoms with van der Waals surface area (Å²) in [6.07, 6.45) is -0.313. The number of carbonyl (C=O) groups excluding carboxylic acids is 1. The summed E-state index contributed by atoms with van der Waals surface area (Å²) in [7, 11) is 0. The van der Waals surface area contributed by atoms with Gasteiger partial charge in [-0.25, -0.2) is 4.79 Å². The van der Waals surface area contributed by atoms with E-state index < -0.39 is 0 Å². The minimum absolute atomic E-state index is 0.313. The van der Waals surface area contributed by atoms with Crippen LogP contribution in [0.15, 0.2) is 0 Å². The van der Waals surface area contributed by atoms with Crippen molar-refractivity contribution in [2.45, 2.75) is 24.7 Å². The topological polar surface area (TPSA) is 38.3 Å². The maximum atomic E-state index is 10.9. The molecule has 1 amide bonds. The average molecular weight is 285 g/mol. The highest BCUT2D eigenvalue weighted by Gasteiger charge is 2.03. The number of rotatable bonds is 4. The van der Waals surface area contributed by atoms with Gasteiger partial charge in [-0.15, -0.1) is 0 Å². The third-order valence-electron chi connectivity index (χ3n) is 1.08. The van der Waals surface area contributed by atoms with Crippen LogP contribution in [0.5, 0.6) is 0 Å². The Morgan fingerprint density at radius 2 is 2.08 bits per heavy atom. The first-order valence-corrected chi connectivity index (χ1v) is 5.31. The average Bonchev–Trinajstić information content (AvgIpc) is 1.96. The van der Waals surface area contributed by atoms with E-state index in [1.54, 1.807) is 0 Å². The molecule has 0 saturated heterocycles. The number of carbonyl (C=O) groups is 1. The smallest absolute Gasteiger partial charge is 0.407 e. The lowest BCUT2D eigenvalue weighted by Crippen LogP contribution is -2.29. The Labute approximate surface area is 87.4 Å². The van der Waals surface area contributed by atoms with Crippen LogP contribution in [0.1, 0.15) is 20.8 Å². The zero-order valence-corrected chi connectivity index (χ0v) is 9.92. The number of hydrogen-bond donors (Lipinski definition) is 1. The molecule has 0 aromatic carbocycles. The fraction of sp³-hybridized carbons (Fsp3) is 0.875. The predicted octanol–water partition coefficient (Wildman–Crippen LogP) is 2.19. The maximum absolute atomic E-state index is 10.9. The largest absolute Gasteiger partial charge is 0.449 e. The summed E-state index contributed by atoms with van der Waals surface area (Å²) < 4.78 is 5.34. The Hall–Kier alpha value is 0. The summed E-state index contributed by atoms with van der Waals surface area (Å²) in [5.74, 6) is 0.396. The molecule has 1 N–H and O–H groups in total. The number of ether oxygens (including phenoxy) is 1. The van der Waals surface area contributed by atoms with Crippen molar-refractivity contribution in [1.29, 1.82) is 0 Å². The van der Waals surface area contributed by atoms with Crippen LogP contribution in [0.2, 0.25) is 0 Å². The first kappa shape index (κ1) is 12.0. The molecule has 4 heteroatoms. The zero-order valence-electron chi connectivity index (χ0n) is 7.76. The Morgan fingerprint density at radius 3 is 2.50 bits per heavy atom. The Morgan fingerprint density at radius 1 is 1.50 bits per heavy atom. The lowest BCUT2D eigenvalue weighted by Gasteiger charge is -2.09. The molecule has 72 valence electrons. The van der Waals surface area contributed by atoms with Gasteiger partial charge in [0, 0.05) is 10.5 Å². The highest BCUT2D eigenvalue weighted by atomic mass is 127. The Bertz CT molecular complexity index is 123. The van der Waals surface area contributed by atoms with E-state index in [-0.39, 0.29) is 6.09 Å². The van der Waals surface area contributed by atoms with E-state index in [4.69, 9.17) is 4.74 Å². The molecule has 0 aliphatic rings. The van der Waals surface area contributed by atoms with E-state index in [9.17, 15) is 4.79 Å². The molecule has 12 heavy (non-hydrogen) atoms. The van der Waals surface area contributed by atoms with Crippen LogP contribution in [0.4, 0.5) is 4.79 Å². The summed E-state index contributed by atoms with van der Waals surface area (Å²) in [5, 5.41) is 2.67. The number of amides is 1. The molecule has 0 radical (unpaired) electrons. The monoisotopic (exact) mass is 285 g/mol. The molecule has 0 aliphatic heterocycles. The second-order valence-corrected chi connectivity index (χ2v) is 5.28. The van der Waals surface area contributed by atoms with Crippen molar-refractivity contribution in [1.82, 2.24) is 5.32 Å². The van der Waals surface area contributed by atoms with Gasteiger partial charge in [0.05, 0.1) is 6.61 Å². The van der Waals surface area contributed by atoms with Gasteiger partial charge in [0.1, 0.15) is 0 Å². The van der Waals surface area contributed by atoms with Gasteiger partial charge in [-0.3, -0.25) is 0 Å². The van der Waals surface area contributed by atoms with Crippen molar-refractivity contribution in [3.05, 3.63) is 0 Å². The molecule has 0 aliphatic carbocycles. The molecule has 1 unspecified atom stereocenters. The van der Waals surface area contributed by atoms with Crippen molar-refractivity contribution in [2.75, 3.05) is 13.2 Å². The van der Waals surface area contributed by atoms with Crippen LogP contribution >= 0.6 is 22.6 Å². The number of nitrogens with one attached hydrogen (secondary N) is 1. The third kappa shape index (κ3) is 8.10. The van der Waals surface area contributed by atoms with E-state index >= 15 is 0 Å². The minimum atomic E-state index is -0.313. The van der Waals surface area contributed by atoms with Crippen molar-refractivity contribution >= 4 is 28.7 Å². The second kappa shape index (κ2) is 6.51. The first-order valence-electron chi connectivity index (χ1n) is 4.07. The summed E-state index contributed by atoms with van der Waals surface area (Å²) >= 11 is 2.25. The molecular formula is C8H16INO2. The maximum Gasteiger partial charge on any atom is 0.407 e. The van der Waals surface area contributed by atoms with E-state index in [2.05, 4.69) is 27.9 Å². The third-order valence-corrected chi connectivity index (χ3v) is 1.52. The lowest BCUT2D eigenvalue weighted by atomic mass is 10.2. The normalized spacial score (nSPS) is 12.8. The van der Waals surface area contributed by atoms with E-state index in [1.807, 2.05) is 20.8 Å². The standard InChI is InChI=1S/C8H16INO2/c1-6(2)5-12-8(11)10-4-7(3)9/h6-7H,4-5H2,1-3H3,(H,10,11). The van der Waals surface area contributed by atoms with Crippen molar-refractivity contribution in [3.8, 4) is 0 Å². The van der Waals surface area contributed by atoms with Gasteiger partial charge in [0.2, 0.25) is 0 Å². The van der Waals surface area contributed by atoms with Gasteiger partial charge in [-0.2, -0.15) is 0 Å². The van der Waals surface area contributed by atoms with Gasteiger partial charge in [-0.05, 0) is 5.92 Å². The van der Waals surface area contributed by atoms with Crippen molar-refractivity contribution in [3.63, 3.8) is 0 Å². The van der Waals surface area contributed by atoms with Gasteiger partial charge in [0.25, 0.3) is 0 Å². The minimum Gasteiger partial charge on any atom is -0.449 e. The van der Waals surface area contributed by atoms with Crippen molar-refractivity contribution < 1.29 is 9.53 Å². The van der Waals surface area contributed by atoms with E-state index in [0.29, 0.717) is 23.0 Å². The van der Waals surface area contributed by atoms with E-state index in [0.717, 1.165) is 0 Å². The van der Waals surface area contributed by atoms with Crippen LogP contribution in [-0.2, 0) is 4.74 Å². The number of alkyl carbamates (subject to hydrolysis) is 1. The molecule has 0 heterocycles. The fourth-order valence-electron chi connectivity index (χ4n) is 0.517. The van der Waals surface area contributed by atoms with Gasteiger partial charge < -0.3 is 10.1 Å². The summed E-state index contributed by atoms with van der Waals surface area (Å²) in [6.45, 7) is 7.20. The SMILES string of the molecule is CC(C)COC(=O)NCC(C)I. The first-order chi connectivity index (χ1) is 5.52. The van der Waals surface area contributed by atoms with Crippen LogP contribution in [-0.4, -0.2) is 23.2 Å². The number of hydrogen-bond acceptors (Lipinski definition) is 2. The number of halogens is 1. The fourth-order valence-corrected chi connectivity index (χ4v) is 0.738. The zero-order chi connectivity index (χ0) is 9.56. The highest BCUT2D eigenvalue weighted by molar-refractivity contribution is 14.1. The molecular weight excluding hydrogens is 269 g/mol. The van der Waals surface area contributed by atoms with Crippen LogP contribution < -0.4 is 5.32 Å². The van der Waals surface area contributed by atoms with Crippen molar-refractivity contribution in [2.24, 2.45) is 5.92 Å². The van der Waals surface area contributed by atoms with Gasteiger partial charge in [-0.1, -0.05) is 43.4 Å². The van der Waals surface area contributed by atoms with Crippen LogP contribution in [0.3, 0.4) is 0 Å². The Balaban J connectivity index is 3.34. The molecule has 0 rings (SSSR count).